The van der Waals surface area contributed by atoms with Crippen LogP contribution in [0.15, 0.2) is 34.7 Å². The maximum absolute atomic E-state index is 13.0. The number of hydrogen-bond donors (Lipinski definition) is 2. The zero-order chi connectivity index (χ0) is 14.6. The standard InChI is InChI=1S/C13H16F2N2O2S/c14-11-7-12(15)9-13(8-11)20(18,19)17-6-3-10-1-4-16-5-2-10/h1,7-9,16-17H,2-6H2. The molecule has 0 aromatic heterocycles. The van der Waals surface area contributed by atoms with Crippen LogP contribution in [0.2, 0.25) is 0 Å². The fourth-order valence-corrected chi connectivity index (χ4v) is 3.08. The van der Waals surface area contributed by atoms with Gasteiger partial charge in [0.1, 0.15) is 11.6 Å². The maximum atomic E-state index is 13.0. The molecule has 4 nitrogen and oxygen atoms in total. The molecule has 0 aliphatic carbocycles. The van der Waals surface area contributed by atoms with Gasteiger partial charge in [0, 0.05) is 19.2 Å². The highest BCUT2D eigenvalue weighted by Gasteiger charge is 2.16. The molecule has 0 bridgehead atoms. The molecule has 110 valence electrons. The molecule has 20 heavy (non-hydrogen) atoms. The van der Waals surface area contributed by atoms with Gasteiger partial charge < -0.3 is 5.32 Å². The van der Waals surface area contributed by atoms with E-state index in [-0.39, 0.29) is 6.54 Å². The van der Waals surface area contributed by atoms with E-state index >= 15 is 0 Å². The second kappa shape index (κ2) is 6.43. The summed E-state index contributed by atoms with van der Waals surface area (Å²) in [6.07, 6.45) is 3.51. The largest absolute Gasteiger partial charge is 0.313 e. The van der Waals surface area contributed by atoms with E-state index in [2.05, 4.69) is 10.0 Å². The van der Waals surface area contributed by atoms with Crippen molar-refractivity contribution in [2.75, 3.05) is 19.6 Å². The zero-order valence-electron chi connectivity index (χ0n) is 10.8. The van der Waals surface area contributed by atoms with Gasteiger partial charge >= 0.3 is 0 Å². The summed E-state index contributed by atoms with van der Waals surface area (Å²) >= 11 is 0. The first-order valence-electron chi connectivity index (χ1n) is 6.32. The van der Waals surface area contributed by atoms with Crippen molar-refractivity contribution >= 4 is 10.0 Å². The molecule has 0 spiro atoms. The summed E-state index contributed by atoms with van der Waals surface area (Å²) in [5.74, 6) is -1.82. The van der Waals surface area contributed by atoms with Crippen LogP contribution in [0, 0.1) is 11.6 Å². The van der Waals surface area contributed by atoms with Crippen molar-refractivity contribution in [3.8, 4) is 0 Å². The van der Waals surface area contributed by atoms with Crippen LogP contribution in [0.25, 0.3) is 0 Å². The van der Waals surface area contributed by atoms with Crippen LogP contribution in [0.1, 0.15) is 12.8 Å². The Hall–Kier alpha value is -1.31. The average molecular weight is 302 g/mol. The number of nitrogens with one attached hydrogen (secondary N) is 2. The molecular weight excluding hydrogens is 286 g/mol. The molecule has 1 aromatic rings. The first-order chi connectivity index (χ1) is 9.47. The van der Waals surface area contributed by atoms with E-state index in [1.165, 1.54) is 5.57 Å². The Morgan fingerprint density at radius 2 is 1.90 bits per heavy atom. The lowest BCUT2D eigenvalue weighted by atomic mass is 10.1. The molecule has 0 atom stereocenters. The maximum Gasteiger partial charge on any atom is 0.240 e. The summed E-state index contributed by atoms with van der Waals surface area (Å²) in [6, 6.07) is 2.24. The predicted molar refractivity (Wildman–Crippen MR) is 71.7 cm³/mol. The molecule has 0 saturated heterocycles. The number of hydrogen-bond acceptors (Lipinski definition) is 3. The minimum Gasteiger partial charge on any atom is -0.313 e. The minimum atomic E-state index is -3.88. The third-order valence-electron chi connectivity index (χ3n) is 3.04. The van der Waals surface area contributed by atoms with Crippen LogP contribution < -0.4 is 10.0 Å². The Bertz CT molecular complexity index is 595. The van der Waals surface area contributed by atoms with Crippen molar-refractivity contribution < 1.29 is 17.2 Å². The molecule has 1 aliphatic rings. The highest BCUT2D eigenvalue weighted by Crippen LogP contribution is 2.14. The topological polar surface area (TPSA) is 58.2 Å². The van der Waals surface area contributed by atoms with Gasteiger partial charge in [-0.2, -0.15) is 0 Å². The van der Waals surface area contributed by atoms with Gasteiger partial charge in [0.25, 0.3) is 0 Å². The van der Waals surface area contributed by atoms with Gasteiger partial charge in [-0.3, -0.25) is 0 Å². The molecule has 0 radical (unpaired) electrons. The van der Waals surface area contributed by atoms with Gasteiger partial charge in [-0.05, 0) is 31.5 Å². The third kappa shape index (κ3) is 4.09. The van der Waals surface area contributed by atoms with E-state index in [0.29, 0.717) is 12.5 Å². The van der Waals surface area contributed by atoms with Crippen molar-refractivity contribution in [1.29, 1.82) is 0 Å². The minimum absolute atomic E-state index is 0.215. The lowest BCUT2D eigenvalue weighted by Crippen LogP contribution is -2.27. The fourth-order valence-electron chi connectivity index (χ4n) is 2.01. The third-order valence-corrected chi connectivity index (χ3v) is 4.48. The van der Waals surface area contributed by atoms with Crippen LogP contribution in [0.4, 0.5) is 8.78 Å². The molecule has 1 aromatic carbocycles. The van der Waals surface area contributed by atoms with Crippen molar-refractivity contribution in [1.82, 2.24) is 10.0 Å². The summed E-state index contributed by atoms with van der Waals surface area (Å²) in [5, 5.41) is 3.16. The molecule has 0 unspecified atom stereocenters. The Morgan fingerprint density at radius 1 is 1.20 bits per heavy atom. The highest BCUT2D eigenvalue weighted by atomic mass is 32.2. The van der Waals surface area contributed by atoms with Crippen LogP contribution in [-0.2, 0) is 10.0 Å². The van der Waals surface area contributed by atoms with Gasteiger partial charge in [-0.1, -0.05) is 11.6 Å². The molecule has 0 saturated carbocycles. The van der Waals surface area contributed by atoms with E-state index in [1.807, 2.05) is 6.08 Å². The number of sulfonamides is 1. The predicted octanol–water partition coefficient (Wildman–Crippen LogP) is 1.55. The van der Waals surface area contributed by atoms with E-state index in [0.717, 1.165) is 31.6 Å². The number of halogens is 2. The van der Waals surface area contributed by atoms with Gasteiger partial charge in [0.2, 0.25) is 10.0 Å². The second-order valence-corrected chi connectivity index (χ2v) is 6.34. The molecule has 2 rings (SSSR count). The summed E-state index contributed by atoms with van der Waals surface area (Å²) < 4.78 is 52.2. The summed E-state index contributed by atoms with van der Waals surface area (Å²) in [6.45, 7) is 1.89. The Labute approximate surface area is 116 Å². The fraction of sp³-hybridized carbons (Fsp3) is 0.385. The van der Waals surface area contributed by atoms with Crippen molar-refractivity contribution in [3.05, 3.63) is 41.5 Å². The summed E-state index contributed by atoms with van der Waals surface area (Å²) in [5.41, 5.74) is 1.18. The van der Waals surface area contributed by atoms with E-state index < -0.39 is 26.6 Å². The molecule has 2 N–H and O–H groups in total. The lowest BCUT2D eigenvalue weighted by molar-refractivity contribution is 0.560. The Balaban J connectivity index is 1.98. The quantitative estimate of drug-likeness (QED) is 0.812. The van der Waals surface area contributed by atoms with E-state index in [1.54, 1.807) is 0 Å². The van der Waals surface area contributed by atoms with Gasteiger partial charge in [0.15, 0.2) is 0 Å². The van der Waals surface area contributed by atoms with Crippen molar-refractivity contribution in [3.63, 3.8) is 0 Å². The molecule has 1 heterocycles. The van der Waals surface area contributed by atoms with Crippen LogP contribution in [0.5, 0.6) is 0 Å². The second-order valence-electron chi connectivity index (χ2n) is 4.57. The van der Waals surface area contributed by atoms with Crippen LogP contribution in [-0.4, -0.2) is 28.1 Å². The van der Waals surface area contributed by atoms with E-state index in [9.17, 15) is 17.2 Å². The normalized spacial score (nSPS) is 16.0. The first-order valence-corrected chi connectivity index (χ1v) is 7.80. The average Bonchev–Trinajstić information content (AvgIpc) is 2.38. The highest BCUT2D eigenvalue weighted by molar-refractivity contribution is 7.89. The first kappa shape index (κ1) is 15.1. The van der Waals surface area contributed by atoms with Crippen LogP contribution in [0.3, 0.4) is 0 Å². The summed E-state index contributed by atoms with van der Waals surface area (Å²) in [7, 11) is -3.88. The van der Waals surface area contributed by atoms with Gasteiger partial charge in [0.05, 0.1) is 4.90 Å². The lowest BCUT2D eigenvalue weighted by Gasteiger charge is -2.14. The van der Waals surface area contributed by atoms with E-state index in [4.69, 9.17) is 0 Å². The Morgan fingerprint density at radius 3 is 2.50 bits per heavy atom. The van der Waals surface area contributed by atoms with Crippen molar-refractivity contribution in [2.24, 2.45) is 0 Å². The Kier molecular flexibility index (Phi) is 4.85. The smallest absolute Gasteiger partial charge is 0.240 e. The SMILES string of the molecule is O=S(=O)(NCCC1=CCNCC1)c1cc(F)cc(F)c1. The zero-order valence-corrected chi connectivity index (χ0v) is 11.6. The molecule has 0 fully saturated rings. The number of benzene rings is 1. The monoisotopic (exact) mass is 302 g/mol. The molecule has 7 heteroatoms. The summed E-state index contributed by atoms with van der Waals surface area (Å²) in [4.78, 5) is -0.394. The van der Waals surface area contributed by atoms with Crippen LogP contribution >= 0.6 is 0 Å². The van der Waals surface area contributed by atoms with Crippen molar-refractivity contribution in [2.45, 2.75) is 17.7 Å². The molecule has 1 aliphatic heterocycles. The molecule has 0 amide bonds. The van der Waals surface area contributed by atoms with Gasteiger partial charge in [-0.15, -0.1) is 0 Å². The number of rotatable bonds is 5. The molecular formula is C13H16F2N2O2S. The van der Waals surface area contributed by atoms with Gasteiger partial charge in [-0.25, -0.2) is 21.9 Å².